The molecule has 1 aliphatic rings. The van der Waals surface area contributed by atoms with Gasteiger partial charge in [0.1, 0.15) is 6.04 Å². The number of esters is 3. The highest BCUT2D eigenvalue weighted by atomic mass is 16.6. The second-order valence-corrected chi connectivity index (χ2v) is 7.14. The van der Waals surface area contributed by atoms with Crippen LogP contribution in [0, 0.1) is 5.41 Å². The predicted molar refractivity (Wildman–Crippen MR) is 98.7 cm³/mol. The third-order valence-electron chi connectivity index (χ3n) is 4.75. The van der Waals surface area contributed by atoms with Crippen LogP contribution in [0.3, 0.4) is 0 Å². The minimum atomic E-state index is -0.889. The van der Waals surface area contributed by atoms with Crippen LogP contribution in [0.15, 0.2) is 18.2 Å². The Morgan fingerprint density at radius 1 is 1.07 bits per heavy atom. The highest BCUT2D eigenvalue weighted by molar-refractivity contribution is 5.88. The molecular weight excluding hydrogens is 366 g/mol. The van der Waals surface area contributed by atoms with E-state index in [-0.39, 0.29) is 23.8 Å². The van der Waals surface area contributed by atoms with Crippen molar-refractivity contribution in [3.05, 3.63) is 23.8 Å². The average molecular weight is 391 g/mol. The maximum Gasteiger partial charge on any atom is 0.328 e. The number of hydrogen-bond donors (Lipinski definition) is 1. The van der Waals surface area contributed by atoms with Gasteiger partial charge in [-0.15, -0.1) is 0 Å². The van der Waals surface area contributed by atoms with Gasteiger partial charge in [-0.05, 0) is 30.5 Å². The van der Waals surface area contributed by atoms with Crippen molar-refractivity contribution < 1.29 is 33.4 Å². The molecule has 8 nitrogen and oxygen atoms in total. The van der Waals surface area contributed by atoms with E-state index in [0.29, 0.717) is 5.56 Å². The van der Waals surface area contributed by atoms with Crippen molar-refractivity contribution in [3.8, 4) is 11.5 Å². The summed E-state index contributed by atoms with van der Waals surface area (Å²) in [6.07, 6.45) is 2.67. The zero-order chi connectivity index (χ0) is 20.9. The van der Waals surface area contributed by atoms with Gasteiger partial charge in [0.15, 0.2) is 11.5 Å². The summed E-state index contributed by atoms with van der Waals surface area (Å²) < 4.78 is 14.9. The molecule has 1 amide bonds. The van der Waals surface area contributed by atoms with Gasteiger partial charge in [-0.1, -0.05) is 19.4 Å². The minimum absolute atomic E-state index is 0.0566. The van der Waals surface area contributed by atoms with Crippen molar-refractivity contribution in [2.45, 2.75) is 52.5 Å². The maximum absolute atomic E-state index is 12.5. The predicted octanol–water partition coefficient (Wildman–Crippen LogP) is 1.93. The average Bonchev–Trinajstić information content (AvgIpc) is 2.59. The molecule has 1 aromatic rings. The highest BCUT2D eigenvalue weighted by Gasteiger charge is 2.40. The van der Waals surface area contributed by atoms with Gasteiger partial charge in [0.25, 0.3) is 0 Å². The number of ether oxygens (including phenoxy) is 3. The zero-order valence-electron chi connectivity index (χ0n) is 16.5. The van der Waals surface area contributed by atoms with E-state index in [0.717, 1.165) is 19.3 Å². The van der Waals surface area contributed by atoms with Gasteiger partial charge in [0, 0.05) is 25.7 Å². The SMILES string of the molecule is COC(=O)[C@H](Cc1ccc(OC(C)=O)c(OC(C)=O)c1)NC(=O)C1(C)CCC1. The molecule has 0 heterocycles. The molecule has 0 aliphatic heterocycles. The van der Waals surface area contributed by atoms with Crippen molar-refractivity contribution in [1.29, 1.82) is 0 Å². The lowest BCUT2D eigenvalue weighted by Crippen LogP contribution is -2.51. The molecule has 0 aromatic heterocycles. The molecule has 8 heteroatoms. The summed E-state index contributed by atoms with van der Waals surface area (Å²) in [6, 6.07) is 3.70. The fourth-order valence-electron chi connectivity index (χ4n) is 2.99. The lowest BCUT2D eigenvalue weighted by Gasteiger charge is -2.37. The fourth-order valence-corrected chi connectivity index (χ4v) is 2.99. The van der Waals surface area contributed by atoms with Gasteiger partial charge in [0.2, 0.25) is 5.91 Å². The Hall–Kier alpha value is -2.90. The molecule has 0 saturated heterocycles. The third-order valence-corrected chi connectivity index (χ3v) is 4.75. The molecule has 1 saturated carbocycles. The van der Waals surface area contributed by atoms with E-state index in [1.807, 2.05) is 6.92 Å². The van der Waals surface area contributed by atoms with Gasteiger partial charge in [-0.2, -0.15) is 0 Å². The van der Waals surface area contributed by atoms with Crippen molar-refractivity contribution in [3.63, 3.8) is 0 Å². The Morgan fingerprint density at radius 3 is 2.18 bits per heavy atom. The topological polar surface area (TPSA) is 108 Å². The van der Waals surface area contributed by atoms with Crippen molar-refractivity contribution >= 4 is 23.8 Å². The molecule has 0 radical (unpaired) electrons. The second kappa shape index (κ2) is 8.86. The number of rotatable bonds is 7. The highest BCUT2D eigenvalue weighted by Crippen LogP contribution is 2.40. The molecular formula is C20H25NO7. The van der Waals surface area contributed by atoms with E-state index in [2.05, 4.69) is 5.32 Å². The number of hydrogen-bond acceptors (Lipinski definition) is 7. The van der Waals surface area contributed by atoms with E-state index < -0.39 is 29.4 Å². The number of benzene rings is 1. The lowest BCUT2D eigenvalue weighted by atomic mass is 9.69. The van der Waals surface area contributed by atoms with Gasteiger partial charge in [-0.3, -0.25) is 14.4 Å². The van der Waals surface area contributed by atoms with Crippen molar-refractivity contribution in [2.24, 2.45) is 5.41 Å². The molecule has 1 atom stereocenters. The van der Waals surface area contributed by atoms with Crippen LogP contribution in [0.5, 0.6) is 11.5 Å². The van der Waals surface area contributed by atoms with Crippen LogP contribution >= 0.6 is 0 Å². The number of carbonyl (C=O) groups excluding carboxylic acids is 4. The van der Waals surface area contributed by atoms with Crippen LogP contribution < -0.4 is 14.8 Å². The molecule has 0 spiro atoms. The van der Waals surface area contributed by atoms with Gasteiger partial charge in [0.05, 0.1) is 7.11 Å². The summed E-state index contributed by atoms with van der Waals surface area (Å²) in [4.78, 5) is 47.2. The molecule has 0 unspecified atom stereocenters. The van der Waals surface area contributed by atoms with Gasteiger partial charge in [-0.25, -0.2) is 4.79 Å². The molecule has 1 aliphatic carbocycles. The molecule has 2 rings (SSSR count). The Morgan fingerprint density at radius 2 is 1.68 bits per heavy atom. The molecule has 1 aromatic carbocycles. The van der Waals surface area contributed by atoms with Crippen molar-refractivity contribution in [2.75, 3.05) is 7.11 Å². The molecule has 1 fully saturated rings. The quantitative estimate of drug-likeness (QED) is 0.559. The summed E-state index contributed by atoms with van der Waals surface area (Å²) in [7, 11) is 1.25. The summed E-state index contributed by atoms with van der Waals surface area (Å²) >= 11 is 0. The Balaban J connectivity index is 2.22. The largest absolute Gasteiger partial charge is 0.467 e. The van der Waals surface area contributed by atoms with Crippen LogP contribution in [0.1, 0.15) is 45.6 Å². The molecule has 28 heavy (non-hydrogen) atoms. The first-order chi connectivity index (χ1) is 13.1. The van der Waals surface area contributed by atoms with E-state index in [9.17, 15) is 19.2 Å². The van der Waals surface area contributed by atoms with Crippen LogP contribution in [0.2, 0.25) is 0 Å². The zero-order valence-corrected chi connectivity index (χ0v) is 16.5. The first-order valence-corrected chi connectivity index (χ1v) is 9.03. The van der Waals surface area contributed by atoms with Gasteiger partial charge >= 0.3 is 17.9 Å². The first kappa shape index (κ1) is 21.4. The number of carbonyl (C=O) groups is 4. The Kier molecular flexibility index (Phi) is 6.77. The monoisotopic (exact) mass is 391 g/mol. The Bertz CT molecular complexity index is 783. The second-order valence-electron chi connectivity index (χ2n) is 7.14. The summed E-state index contributed by atoms with van der Waals surface area (Å²) in [5.41, 5.74) is 0.135. The maximum atomic E-state index is 12.5. The summed E-state index contributed by atoms with van der Waals surface area (Å²) in [5.74, 6) is -1.76. The van der Waals surface area contributed by atoms with Crippen molar-refractivity contribution in [1.82, 2.24) is 5.32 Å². The van der Waals surface area contributed by atoms with E-state index >= 15 is 0 Å². The number of nitrogens with one attached hydrogen (secondary N) is 1. The number of amides is 1. The summed E-state index contributed by atoms with van der Waals surface area (Å²) in [5, 5.41) is 2.76. The fraction of sp³-hybridized carbons (Fsp3) is 0.500. The molecule has 1 N–H and O–H groups in total. The van der Waals surface area contributed by atoms with Gasteiger partial charge < -0.3 is 19.5 Å². The van der Waals surface area contributed by atoms with Crippen LogP contribution in [-0.4, -0.2) is 37.0 Å². The third kappa shape index (κ3) is 5.31. The van der Waals surface area contributed by atoms with E-state index in [1.165, 1.54) is 33.1 Å². The minimum Gasteiger partial charge on any atom is -0.467 e. The molecule has 0 bridgehead atoms. The lowest BCUT2D eigenvalue weighted by molar-refractivity contribution is -0.147. The number of methoxy groups -OCH3 is 1. The summed E-state index contributed by atoms with van der Waals surface area (Å²) in [6.45, 7) is 4.32. The van der Waals surface area contributed by atoms with E-state index in [4.69, 9.17) is 14.2 Å². The van der Waals surface area contributed by atoms with Crippen LogP contribution in [-0.2, 0) is 30.3 Å². The molecule has 152 valence electrons. The standard InChI is InChI=1S/C20H25NO7/c1-12(22)27-16-7-6-14(11-17(16)28-13(2)23)10-15(18(24)26-4)21-19(25)20(3)8-5-9-20/h6-7,11,15H,5,8-10H2,1-4H3,(H,21,25)/t15-/m0/s1. The Labute approximate surface area is 163 Å². The van der Waals surface area contributed by atoms with E-state index in [1.54, 1.807) is 6.07 Å². The first-order valence-electron chi connectivity index (χ1n) is 9.03. The normalized spacial score (nSPS) is 15.6. The smallest absolute Gasteiger partial charge is 0.328 e. The van der Waals surface area contributed by atoms with Crippen LogP contribution in [0.4, 0.5) is 0 Å². The van der Waals surface area contributed by atoms with Crippen LogP contribution in [0.25, 0.3) is 0 Å².